The molecule has 1 fully saturated rings. The molecule has 0 aromatic heterocycles. The number of carboxylic acids is 1. The lowest BCUT2D eigenvalue weighted by atomic mass is 9.85. The molecule has 200 valence electrons. The van der Waals surface area contributed by atoms with Crippen LogP contribution in [-0.2, 0) is 12.8 Å². The molecule has 3 aromatic rings. The van der Waals surface area contributed by atoms with Crippen LogP contribution in [0.3, 0.4) is 0 Å². The van der Waals surface area contributed by atoms with Crippen molar-refractivity contribution >= 4 is 29.5 Å². The summed E-state index contributed by atoms with van der Waals surface area (Å²) < 4.78 is 27.7. The second kappa shape index (κ2) is 12.2. The van der Waals surface area contributed by atoms with Crippen LogP contribution in [0.4, 0.5) is 8.78 Å². The molecule has 38 heavy (non-hydrogen) atoms. The van der Waals surface area contributed by atoms with Crippen LogP contribution in [0.5, 0.6) is 0 Å². The Kier molecular flexibility index (Phi) is 9.01. The third kappa shape index (κ3) is 5.84. The molecular weight excluding hydrogens is 504 g/mol. The first-order valence-corrected chi connectivity index (χ1v) is 13.2. The minimum atomic E-state index is -0.939. The van der Waals surface area contributed by atoms with E-state index in [0.717, 1.165) is 72.3 Å². The Morgan fingerprint density at radius 3 is 2.50 bits per heavy atom. The number of alkyl halides is 1. The van der Waals surface area contributed by atoms with Gasteiger partial charge in [-0.15, -0.1) is 12.4 Å². The average Bonchev–Trinajstić information content (AvgIpc) is 3.04. The molecule has 1 N–H and O–H groups in total. The van der Waals surface area contributed by atoms with Crippen molar-refractivity contribution in [2.75, 3.05) is 26.3 Å². The van der Waals surface area contributed by atoms with Crippen molar-refractivity contribution in [3.8, 4) is 0 Å². The number of carboxylic acid groups (broad SMARTS) is 1. The van der Waals surface area contributed by atoms with Gasteiger partial charge in [0, 0.05) is 25.2 Å². The second-order valence-electron chi connectivity index (χ2n) is 10.4. The van der Waals surface area contributed by atoms with Crippen molar-refractivity contribution in [2.45, 2.75) is 39.0 Å². The van der Waals surface area contributed by atoms with Crippen LogP contribution in [0.2, 0.25) is 0 Å². The summed E-state index contributed by atoms with van der Waals surface area (Å²) in [5, 5.41) is 9.55. The number of aryl methyl sites for hydroxylation is 2. The van der Waals surface area contributed by atoms with Gasteiger partial charge in [0.05, 0.1) is 12.2 Å². The van der Waals surface area contributed by atoms with E-state index in [4.69, 9.17) is 0 Å². The van der Waals surface area contributed by atoms with Crippen molar-refractivity contribution in [1.29, 1.82) is 0 Å². The predicted octanol–water partition coefficient (Wildman–Crippen LogP) is 7.38. The first-order valence-electron chi connectivity index (χ1n) is 13.2. The molecule has 3 aromatic carbocycles. The van der Waals surface area contributed by atoms with E-state index >= 15 is 4.39 Å². The molecule has 0 bridgehead atoms. The van der Waals surface area contributed by atoms with Gasteiger partial charge in [0.25, 0.3) is 0 Å². The number of hydrogen-bond acceptors (Lipinski definition) is 2. The van der Waals surface area contributed by atoms with Crippen LogP contribution in [0, 0.1) is 18.7 Å². The Hall–Kier alpha value is -3.02. The Balaban J connectivity index is 0.00000336. The molecule has 1 aliphatic carbocycles. The van der Waals surface area contributed by atoms with Gasteiger partial charge in [-0.25, -0.2) is 9.18 Å². The van der Waals surface area contributed by atoms with E-state index in [9.17, 15) is 14.3 Å². The number of halogens is 3. The van der Waals surface area contributed by atoms with E-state index in [1.54, 1.807) is 18.2 Å². The highest BCUT2D eigenvalue weighted by atomic mass is 35.5. The zero-order valence-electron chi connectivity index (χ0n) is 21.7. The number of benzene rings is 3. The van der Waals surface area contributed by atoms with Crippen molar-refractivity contribution < 1.29 is 18.7 Å². The average molecular weight is 538 g/mol. The number of allylic oxidation sites excluding steroid dienone is 1. The second-order valence-corrected chi connectivity index (χ2v) is 10.4. The number of aromatic carboxylic acids is 1. The molecule has 1 heterocycles. The number of nitrogens with zero attached hydrogens (tertiary/aromatic N) is 1. The molecule has 0 atom stereocenters. The summed E-state index contributed by atoms with van der Waals surface area (Å²) in [4.78, 5) is 14.0. The van der Waals surface area contributed by atoms with Crippen molar-refractivity contribution in [1.82, 2.24) is 4.90 Å². The molecule has 3 nitrogen and oxygen atoms in total. The molecule has 1 saturated heterocycles. The summed E-state index contributed by atoms with van der Waals surface area (Å²) in [6.07, 6.45) is 3.88. The van der Waals surface area contributed by atoms with Gasteiger partial charge in [-0.05, 0) is 102 Å². The first-order chi connectivity index (χ1) is 17.9. The Morgan fingerprint density at radius 1 is 1.05 bits per heavy atom. The molecule has 0 radical (unpaired) electrons. The van der Waals surface area contributed by atoms with E-state index in [1.165, 1.54) is 11.6 Å². The van der Waals surface area contributed by atoms with Gasteiger partial charge in [0.15, 0.2) is 0 Å². The number of hydrogen-bond donors (Lipinski definition) is 1. The highest BCUT2D eigenvalue weighted by Gasteiger charge is 2.27. The van der Waals surface area contributed by atoms with E-state index in [0.29, 0.717) is 24.3 Å². The van der Waals surface area contributed by atoms with Crippen LogP contribution in [-0.4, -0.2) is 42.3 Å². The molecule has 0 saturated carbocycles. The van der Waals surface area contributed by atoms with Gasteiger partial charge in [0.1, 0.15) is 5.82 Å². The maximum absolute atomic E-state index is 15.2. The fourth-order valence-corrected chi connectivity index (χ4v) is 5.93. The maximum atomic E-state index is 15.2. The normalized spacial score (nSPS) is 15.9. The lowest BCUT2D eigenvalue weighted by molar-refractivity contribution is 0.0696. The fraction of sp³-hybridized carbons (Fsp3) is 0.344. The lowest BCUT2D eigenvalue weighted by Crippen LogP contribution is -2.47. The van der Waals surface area contributed by atoms with Crippen LogP contribution in [0.25, 0.3) is 11.1 Å². The minimum Gasteiger partial charge on any atom is -0.478 e. The third-order valence-corrected chi connectivity index (χ3v) is 7.73. The largest absolute Gasteiger partial charge is 0.478 e. The number of likely N-dealkylation sites (tertiary alicyclic amines) is 1. The molecule has 1 aliphatic heterocycles. The minimum absolute atomic E-state index is 0. The topological polar surface area (TPSA) is 40.5 Å². The van der Waals surface area contributed by atoms with Gasteiger partial charge in [-0.3, -0.25) is 4.39 Å². The van der Waals surface area contributed by atoms with Crippen LogP contribution in [0.1, 0.15) is 63.0 Å². The summed E-state index contributed by atoms with van der Waals surface area (Å²) in [6, 6.07) is 19.1. The molecule has 0 amide bonds. The summed E-state index contributed by atoms with van der Waals surface area (Å²) in [6.45, 7) is 4.56. The Labute approximate surface area is 229 Å². The SMILES string of the molecule is Cc1cccc(F)c1C1=C(c2ccc(CC3CN(CCCF)C3)cc2)c2ccc(C(=O)O)cc2CCC1.Cl. The van der Waals surface area contributed by atoms with Gasteiger partial charge in [-0.1, -0.05) is 42.5 Å². The van der Waals surface area contributed by atoms with E-state index in [-0.39, 0.29) is 30.5 Å². The maximum Gasteiger partial charge on any atom is 0.335 e. The highest BCUT2D eigenvalue weighted by molar-refractivity contribution is 6.01. The molecular formula is C32H34ClF2NO2. The lowest BCUT2D eigenvalue weighted by Gasteiger charge is -2.39. The quantitative estimate of drug-likeness (QED) is 0.326. The van der Waals surface area contributed by atoms with Gasteiger partial charge in [0.2, 0.25) is 0 Å². The van der Waals surface area contributed by atoms with Crippen molar-refractivity contribution in [2.24, 2.45) is 5.92 Å². The highest BCUT2D eigenvalue weighted by Crippen LogP contribution is 2.42. The monoisotopic (exact) mass is 537 g/mol. The predicted molar refractivity (Wildman–Crippen MR) is 151 cm³/mol. The Bertz CT molecular complexity index is 1310. The zero-order valence-corrected chi connectivity index (χ0v) is 22.5. The van der Waals surface area contributed by atoms with Gasteiger partial charge < -0.3 is 10.0 Å². The molecule has 0 spiro atoms. The Morgan fingerprint density at radius 2 is 1.82 bits per heavy atom. The van der Waals surface area contributed by atoms with E-state index in [2.05, 4.69) is 29.2 Å². The molecule has 6 heteroatoms. The van der Waals surface area contributed by atoms with Gasteiger partial charge in [-0.2, -0.15) is 0 Å². The van der Waals surface area contributed by atoms with Crippen LogP contribution in [0.15, 0.2) is 60.7 Å². The van der Waals surface area contributed by atoms with Crippen molar-refractivity contribution in [3.05, 3.63) is 105 Å². The first kappa shape index (κ1) is 28.0. The van der Waals surface area contributed by atoms with E-state index < -0.39 is 5.97 Å². The van der Waals surface area contributed by atoms with Crippen molar-refractivity contribution in [3.63, 3.8) is 0 Å². The molecule has 2 aliphatic rings. The third-order valence-electron chi connectivity index (χ3n) is 7.73. The smallest absolute Gasteiger partial charge is 0.335 e. The molecule has 0 unspecified atom stereocenters. The van der Waals surface area contributed by atoms with Crippen LogP contribution >= 0.6 is 12.4 Å². The standard InChI is InChI=1S/C32H33F2NO2.ClH/c1-21-5-2-8-29(34)30(21)28-7-3-6-25-18-26(32(36)37)13-14-27(25)31(28)24-11-9-22(10-12-24)17-23-19-35(20-23)16-4-15-33;/h2,5,8-14,18,23H,3-4,6-7,15-17,19-20H2,1H3,(H,36,37);1H. The summed E-state index contributed by atoms with van der Waals surface area (Å²) in [7, 11) is 0. The fourth-order valence-electron chi connectivity index (χ4n) is 5.93. The summed E-state index contributed by atoms with van der Waals surface area (Å²) in [5.74, 6) is -0.572. The van der Waals surface area contributed by atoms with E-state index in [1.807, 2.05) is 19.1 Å². The van der Waals surface area contributed by atoms with Crippen LogP contribution < -0.4 is 0 Å². The number of carbonyl (C=O) groups is 1. The van der Waals surface area contributed by atoms with Gasteiger partial charge >= 0.3 is 5.97 Å². The summed E-state index contributed by atoms with van der Waals surface area (Å²) in [5.41, 5.74) is 8.06. The summed E-state index contributed by atoms with van der Waals surface area (Å²) >= 11 is 0. The number of rotatable bonds is 8. The zero-order chi connectivity index (χ0) is 25.9. The number of fused-ring (bicyclic) bond motifs is 1. The molecule has 5 rings (SSSR count).